The van der Waals surface area contributed by atoms with Gasteiger partial charge in [-0.05, 0) is 63.1 Å². The van der Waals surface area contributed by atoms with Crippen LogP contribution < -0.4 is 10.1 Å². The van der Waals surface area contributed by atoms with Crippen LogP contribution in [0, 0.1) is 26.6 Å². The Morgan fingerprint density at radius 3 is 2.59 bits per heavy atom. The smallest absolute Gasteiger partial charge is 0.248 e. The number of fused-ring (bicyclic) bond motifs is 1. The van der Waals surface area contributed by atoms with E-state index in [-0.39, 0.29) is 5.91 Å². The van der Waals surface area contributed by atoms with Crippen LogP contribution in [-0.4, -0.2) is 13.0 Å². The number of nitrogens with one attached hydrogen (secondary N) is 1. The number of halogens is 1. The summed E-state index contributed by atoms with van der Waals surface area (Å²) in [6, 6.07) is 7.77. The fourth-order valence-corrected chi connectivity index (χ4v) is 3.19. The second-order valence-electron chi connectivity index (χ2n) is 6.57. The van der Waals surface area contributed by atoms with E-state index in [9.17, 15) is 9.18 Å². The minimum absolute atomic E-state index is 0.335. The van der Waals surface area contributed by atoms with E-state index in [2.05, 4.69) is 5.32 Å². The van der Waals surface area contributed by atoms with E-state index in [1.54, 1.807) is 19.2 Å². The van der Waals surface area contributed by atoms with Gasteiger partial charge in [0.15, 0.2) is 0 Å². The molecule has 5 heteroatoms. The van der Waals surface area contributed by atoms with Crippen LogP contribution in [0.15, 0.2) is 40.8 Å². The third-order valence-corrected chi connectivity index (χ3v) is 4.72. The number of methoxy groups -OCH3 is 1. The number of hydrogen-bond acceptors (Lipinski definition) is 3. The van der Waals surface area contributed by atoms with E-state index in [0.717, 1.165) is 39.0 Å². The first-order chi connectivity index (χ1) is 12.8. The molecule has 0 radical (unpaired) electrons. The number of carbonyl (C=O) groups is 1. The maximum absolute atomic E-state index is 13.3. The van der Waals surface area contributed by atoms with Crippen molar-refractivity contribution < 1.29 is 18.3 Å². The van der Waals surface area contributed by atoms with E-state index in [0.29, 0.717) is 11.4 Å². The zero-order valence-electron chi connectivity index (χ0n) is 16.1. The number of furan rings is 1. The number of rotatable bonds is 4. The summed E-state index contributed by atoms with van der Waals surface area (Å²) in [7, 11) is 1.60. The first-order valence-electron chi connectivity index (χ1n) is 8.64. The SMILES string of the molecule is COc1c(/C(C)=C/C(=O)Nc2cccc(F)c2)cc2c(C)c(C)oc2c1C. The van der Waals surface area contributed by atoms with Gasteiger partial charge in [-0.3, -0.25) is 4.79 Å². The zero-order valence-corrected chi connectivity index (χ0v) is 16.1. The summed E-state index contributed by atoms with van der Waals surface area (Å²) < 4.78 is 24.7. The molecule has 0 atom stereocenters. The standard InChI is InChI=1S/C22H22FNO3/c1-12(9-20(25)24-17-8-6-7-16(23)10-17)18-11-19-13(2)15(4)27-22(19)14(3)21(18)26-5/h6-11H,1-5H3,(H,24,25)/b12-9+. The summed E-state index contributed by atoms with van der Waals surface area (Å²) >= 11 is 0. The molecule has 140 valence electrons. The van der Waals surface area contributed by atoms with Crippen molar-refractivity contribution in [3.63, 3.8) is 0 Å². The Morgan fingerprint density at radius 2 is 1.93 bits per heavy atom. The summed E-state index contributed by atoms with van der Waals surface area (Å²) in [6.07, 6.45) is 1.48. The molecule has 0 unspecified atom stereocenters. The summed E-state index contributed by atoms with van der Waals surface area (Å²) in [5.74, 6) is 0.793. The molecule has 0 aliphatic heterocycles. The first kappa shape index (κ1) is 18.7. The molecule has 2 aromatic carbocycles. The highest BCUT2D eigenvalue weighted by molar-refractivity contribution is 6.05. The second-order valence-corrected chi connectivity index (χ2v) is 6.57. The monoisotopic (exact) mass is 367 g/mol. The fourth-order valence-electron chi connectivity index (χ4n) is 3.19. The van der Waals surface area contributed by atoms with Gasteiger partial charge in [-0.2, -0.15) is 0 Å². The Kier molecular flexibility index (Phi) is 5.04. The number of allylic oxidation sites excluding steroid dienone is 1. The normalized spacial score (nSPS) is 11.7. The van der Waals surface area contributed by atoms with Crippen molar-refractivity contribution in [2.75, 3.05) is 12.4 Å². The average Bonchev–Trinajstić information content (AvgIpc) is 2.90. The largest absolute Gasteiger partial charge is 0.496 e. The van der Waals surface area contributed by atoms with E-state index < -0.39 is 5.82 Å². The van der Waals surface area contributed by atoms with E-state index in [1.807, 2.05) is 33.8 Å². The van der Waals surface area contributed by atoms with Crippen molar-refractivity contribution in [2.24, 2.45) is 0 Å². The number of aryl methyl sites for hydroxylation is 3. The van der Waals surface area contributed by atoms with Gasteiger partial charge in [-0.25, -0.2) is 4.39 Å². The highest BCUT2D eigenvalue weighted by Crippen LogP contribution is 2.38. The van der Waals surface area contributed by atoms with E-state index in [4.69, 9.17) is 9.15 Å². The summed E-state index contributed by atoms with van der Waals surface area (Å²) in [6.45, 7) is 7.71. The Bertz CT molecular complexity index is 1060. The average molecular weight is 367 g/mol. The molecule has 1 amide bonds. The van der Waals surface area contributed by atoms with Gasteiger partial charge in [0.1, 0.15) is 22.9 Å². The van der Waals surface area contributed by atoms with Gasteiger partial charge >= 0.3 is 0 Å². The maximum Gasteiger partial charge on any atom is 0.248 e. The van der Waals surface area contributed by atoms with Crippen LogP contribution in [0.3, 0.4) is 0 Å². The van der Waals surface area contributed by atoms with Crippen molar-refractivity contribution in [1.82, 2.24) is 0 Å². The van der Waals surface area contributed by atoms with Crippen molar-refractivity contribution in [3.8, 4) is 5.75 Å². The molecule has 1 heterocycles. The molecule has 0 spiro atoms. The fraction of sp³-hybridized carbons (Fsp3) is 0.227. The van der Waals surface area contributed by atoms with Crippen molar-refractivity contribution in [1.29, 1.82) is 0 Å². The van der Waals surface area contributed by atoms with Crippen molar-refractivity contribution in [2.45, 2.75) is 27.7 Å². The quantitative estimate of drug-likeness (QED) is 0.615. The number of carbonyl (C=O) groups excluding carboxylic acids is 1. The molecule has 0 aliphatic rings. The predicted molar refractivity (Wildman–Crippen MR) is 106 cm³/mol. The minimum Gasteiger partial charge on any atom is -0.496 e. The number of amides is 1. The topological polar surface area (TPSA) is 51.5 Å². The van der Waals surface area contributed by atoms with Crippen LogP contribution in [0.4, 0.5) is 10.1 Å². The van der Waals surface area contributed by atoms with Crippen LogP contribution >= 0.6 is 0 Å². The molecular formula is C22H22FNO3. The number of hydrogen-bond donors (Lipinski definition) is 1. The summed E-state index contributed by atoms with van der Waals surface area (Å²) in [5.41, 5.74) is 4.71. The summed E-state index contributed by atoms with van der Waals surface area (Å²) in [5, 5.41) is 3.67. The molecule has 0 bridgehead atoms. The van der Waals surface area contributed by atoms with Crippen LogP contribution in [0.25, 0.3) is 16.5 Å². The number of anilines is 1. The lowest BCUT2D eigenvalue weighted by molar-refractivity contribution is -0.111. The predicted octanol–water partition coefficient (Wildman–Crippen LogP) is 5.55. The Hall–Kier alpha value is -3.08. The highest BCUT2D eigenvalue weighted by atomic mass is 19.1. The van der Waals surface area contributed by atoms with Gasteiger partial charge in [-0.15, -0.1) is 0 Å². The van der Waals surface area contributed by atoms with Gasteiger partial charge in [0.25, 0.3) is 0 Å². The van der Waals surface area contributed by atoms with Gasteiger partial charge in [0.2, 0.25) is 5.91 Å². The Labute approximate surface area is 157 Å². The molecule has 3 aromatic rings. The van der Waals surface area contributed by atoms with Crippen molar-refractivity contribution in [3.05, 3.63) is 64.7 Å². The van der Waals surface area contributed by atoms with Gasteiger partial charge < -0.3 is 14.5 Å². The van der Waals surface area contributed by atoms with E-state index in [1.165, 1.54) is 18.2 Å². The maximum atomic E-state index is 13.3. The van der Waals surface area contributed by atoms with Gasteiger partial charge in [0, 0.05) is 28.3 Å². The molecule has 1 N–H and O–H groups in total. The lowest BCUT2D eigenvalue weighted by atomic mass is 9.98. The van der Waals surface area contributed by atoms with Crippen LogP contribution in [0.1, 0.15) is 29.4 Å². The van der Waals surface area contributed by atoms with Crippen LogP contribution in [0.2, 0.25) is 0 Å². The molecule has 0 fully saturated rings. The molecule has 0 saturated carbocycles. The van der Waals surface area contributed by atoms with E-state index >= 15 is 0 Å². The Balaban J connectivity index is 2.01. The molecular weight excluding hydrogens is 345 g/mol. The molecule has 4 nitrogen and oxygen atoms in total. The molecule has 0 saturated heterocycles. The molecule has 27 heavy (non-hydrogen) atoms. The Morgan fingerprint density at radius 1 is 1.19 bits per heavy atom. The molecule has 3 rings (SSSR count). The number of ether oxygens (including phenoxy) is 1. The second kappa shape index (κ2) is 7.27. The summed E-state index contributed by atoms with van der Waals surface area (Å²) in [4.78, 5) is 12.4. The van der Waals surface area contributed by atoms with Gasteiger partial charge in [0.05, 0.1) is 7.11 Å². The lowest BCUT2D eigenvalue weighted by Gasteiger charge is -2.13. The third-order valence-electron chi connectivity index (χ3n) is 4.72. The zero-order chi connectivity index (χ0) is 19.7. The van der Waals surface area contributed by atoms with Crippen molar-refractivity contribution >= 4 is 28.1 Å². The third kappa shape index (κ3) is 3.58. The highest BCUT2D eigenvalue weighted by Gasteiger charge is 2.18. The lowest BCUT2D eigenvalue weighted by Crippen LogP contribution is -2.09. The van der Waals surface area contributed by atoms with Crippen LogP contribution in [0.5, 0.6) is 5.75 Å². The minimum atomic E-state index is -0.401. The van der Waals surface area contributed by atoms with Gasteiger partial charge in [-0.1, -0.05) is 6.07 Å². The van der Waals surface area contributed by atoms with Crippen LogP contribution in [-0.2, 0) is 4.79 Å². The number of benzene rings is 2. The molecule has 1 aromatic heterocycles. The first-order valence-corrected chi connectivity index (χ1v) is 8.64. The molecule has 0 aliphatic carbocycles.